The maximum atomic E-state index is 12.4. The van der Waals surface area contributed by atoms with Gasteiger partial charge in [0.1, 0.15) is 0 Å². The third kappa shape index (κ3) is 3.94. The number of aryl methyl sites for hydroxylation is 1. The molecule has 2 aromatic carbocycles. The van der Waals surface area contributed by atoms with Crippen LogP contribution < -0.4 is 5.32 Å². The van der Waals surface area contributed by atoms with Gasteiger partial charge in [0.05, 0.1) is 6.04 Å². The van der Waals surface area contributed by atoms with Crippen LogP contribution in [-0.4, -0.2) is 5.91 Å². The standard InChI is InChI=1S/C16H15Cl2NOS/c1-9-3-5-12(21)8-14(9)16(20)19-10(2)13-6-4-11(17)7-15(13)18/h3-8,10,21H,1-2H3,(H,19,20). The number of nitrogens with one attached hydrogen (secondary N) is 1. The average Bonchev–Trinajstić information content (AvgIpc) is 2.41. The number of carbonyl (C=O) groups excluding carboxylic acids is 1. The quantitative estimate of drug-likeness (QED) is 0.750. The fourth-order valence-corrected chi connectivity index (χ4v) is 2.84. The van der Waals surface area contributed by atoms with Crippen molar-refractivity contribution in [3.05, 3.63) is 63.1 Å². The van der Waals surface area contributed by atoms with Gasteiger partial charge in [-0.2, -0.15) is 0 Å². The van der Waals surface area contributed by atoms with Crippen LogP contribution in [0.15, 0.2) is 41.3 Å². The van der Waals surface area contributed by atoms with E-state index in [1.54, 1.807) is 18.2 Å². The Bertz CT molecular complexity index is 688. The molecule has 0 aromatic heterocycles. The highest BCUT2D eigenvalue weighted by Gasteiger charge is 2.15. The van der Waals surface area contributed by atoms with Gasteiger partial charge in [0.15, 0.2) is 0 Å². The van der Waals surface area contributed by atoms with Crippen molar-refractivity contribution in [2.45, 2.75) is 24.8 Å². The van der Waals surface area contributed by atoms with Crippen molar-refractivity contribution in [1.82, 2.24) is 5.32 Å². The van der Waals surface area contributed by atoms with E-state index in [-0.39, 0.29) is 11.9 Å². The maximum Gasteiger partial charge on any atom is 0.252 e. The van der Waals surface area contributed by atoms with Crippen molar-refractivity contribution >= 4 is 41.7 Å². The number of benzene rings is 2. The van der Waals surface area contributed by atoms with Crippen molar-refractivity contribution in [2.75, 3.05) is 0 Å². The summed E-state index contributed by atoms with van der Waals surface area (Å²) in [6.45, 7) is 3.77. The monoisotopic (exact) mass is 339 g/mol. The highest BCUT2D eigenvalue weighted by atomic mass is 35.5. The van der Waals surface area contributed by atoms with Crippen molar-refractivity contribution in [1.29, 1.82) is 0 Å². The molecular weight excluding hydrogens is 325 g/mol. The first-order chi connectivity index (χ1) is 9.88. The van der Waals surface area contributed by atoms with Gasteiger partial charge in [-0.25, -0.2) is 0 Å². The minimum atomic E-state index is -0.217. The van der Waals surface area contributed by atoms with E-state index in [9.17, 15) is 4.79 Å². The van der Waals surface area contributed by atoms with Crippen LogP contribution in [0.1, 0.15) is 34.5 Å². The molecule has 2 aromatic rings. The molecule has 1 atom stereocenters. The SMILES string of the molecule is Cc1ccc(S)cc1C(=O)NC(C)c1ccc(Cl)cc1Cl. The number of hydrogen-bond acceptors (Lipinski definition) is 2. The largest absolute Gasteiger partial charge is 0.345 e. The minimum Gasteiger partial charge on any atom is -0.345 e. The van der Waals surface area contributed by atoms with Gasteiger partial charge in [0, 0.05) is 20.5 Å². The Kier molecular flexibility index (Phi) is 5.20. The van der Waals surface area contributed by atoms with Gasteiger partial charge < -0.3 is 5.32 Å². The van der Waals surface area contributed by atoms with Gasteiger partial charge in [-0.1, -0.05) is 35.3 Å². The smallest absolute Gasteiger partial charge is 0.252 e. The van der Waals surface area contributed by atoms with Crippen LogP contribution in [0.3, 0.4) is 0 Å². The Morgan fingerprint density at radius 3 is 2.57 bits per heavy atom. The molecule has 1 N–H and O–H groups in total. The van der Waals surface area contributed by atoms with Crippen LogP contribution in [0.2, 0.25) is 10.0 Å². The van der Waals surface area contributed by atoms with Crippen LogP contribution in [-0.2, 0) is 0 Å². The van der Waals surface area contributed by atoms with Crippen molar-refractivity contribution < 1.29 is 4.79 Å². The van der Waals surface area contributed by atoms with E-state index in [0.717, 1.165) is 16.0 Å². The number of rotatable bonds is 3. The van der Waals surface area contributed by atoms with E-state index in [4.69, 9.17) is 23.2 Å². The minimum absolute atomic E-state index is 0.151. The summed E-state index contributed by atoms with van der Waals surface area (Å²) in [6, 6.07) is 10.5. The first-order valence-electron chi connectivity index (χ1n) is 6.44. The first kappa shape index (κ1) is 16.2. The van der Waals surface area contributed by atoms with Crippen LogP contribution in [0.4, 0.5) is 0 Å². The van der Waals surface area contributed by atoms with Gasteiger partial charge in [0.2, 0.25) is 0 Å². The average molecular weight is 340 g/mol. The Hall–Kier alpha value is -1.16. The summed E-state index contributed by atoms with van der Waals surface area (Å²) in [4.78, 5) is 13.1. The fourth-order valence-electron chi connectivity index (χ4n) is 2.06. The maximum absolute atomic E-state index is 12.4. The molecule has 0 aliphatic rings. The Morgan fingerprint density at radius 1 is 1.19 bits per heavy atom. The second kappa shape index (κ2) is 6.73. The summed E-state index contributed by atoms with van der Waals surface area (Å²) in [5.74, 6) is -0.151. The highest BCUT2D eigenvalue weighted by Crippen LogP contribution is 2.26. The van der Waals surface area contributed by atoms with E-state index in [1.807, 2.05) is 32.0 Å². The van der Waals surface area contributed by atoms with Crippen molar-refractivity contribution in [2.24, 2.45) is 0 Å². The lowest BCUT2D eigenvalue weighted by Crippen LogP contribution is -2.27. The van der Waals surface area contributed by atoms with Gasteiger partial charge in [-0.15, -0.1) is 12.6 Å². The number of amides is 1. The summed E-state index contributed by atoms with van der Waals surface area (Å²) < 4.78 is 0. The lowest BCUT2D eigenvalue weighted by Gasteiger charge is -2.17. The summed E-state index contributed by atoms with van der Waals surface area (Å²) >= 11 is 16.3. The first-order valence-corrected chi connectivity index (χ1v) is 7.64. The normalized spacial score (nSPS) is 12.0. The van der Waals surface area contributed by atoms with Crippen LogP contribution in [0.5, 0.6) is 0 Å². The zero-order chi connectivity index (χ0) is 15.6. The molecular formula is C16H15Cl2NOS. The topological polar surface area (TPSA) is 29.1 Å². The molecule has 0 fully saturated rings. The summed E-state index contributed by atoms with van der Waals surface area (Å²) in [6.07, 6.45) is 0. The number of hydrogen-bond donors (Lipinski definition) is 2. The highest BCUT2D eigenvalue weighted by molar-refractivity contribution is 7.80. The zero-order valence-corrected chi connectivity index (χ0v) is 14.1. The zero-order valence-electron chi connectivity index (χ0n) is 11.7. The molecule has 21 heavy (non-hydrogen) atoms. The Morgan fingerprint density at radius 2 is 1.90 bits per heavy atom. The van der Waals surface area contributed by atoms with Crippen LogP contribution in [0.25, 0.3) is 0 Å². The van der Waals surface area contributed by atoms with Crippen LogP contribution in [0, 0.1) is 6.92 Å². The molecule has 5 heteroatoms. The lowest BCUT2D eigenvalue weighted by molar-refractivity contribution is 0.0939. The molecule has 1 unspecified atom stereocenters. The summed E-state index contributed by atoms with van der Waals surface area (Å²) in [7, 11) is 0. The van der Waals surface area contributed by atoms with E-state index in [0.29, 0.717) is 15.6 Å². The lowest BCUT2D eigenvalue weighted by atomic mass is 10.1. The molecule has 0 aliphatic carbocycles. The van der Waals surface area contributed by atoms with Gasteiger partial charge in [-0.3, -0.25) is 4.79 Å². The number of thiol groups is 1. The Balaban J connectivity index is 2.20. The van der Waals surface area contributed by atoms with E-state index < -0.39 is 0 Å². The van der Waals surface area contributed by atoms with E-state index >= 15 is 0 Å². The third-order valence-corrected chi connectivity index (χ3v) is 4.08. The van der Waals surface area contributed by atoms with Crippen molar-refractivity contribution in [3.8, 4) is 0 Å². The second-order valence-electron chi connectivity index (χ2n) is 4.86. The molecule has 1 amide bonds. The molecule has 0 saturated heterocycles. The fraction of sp³-hybridized carbons (Fsp3) is 0.188. The molecule has 0 saturated carbocycles. The third-order valence-electron chi connectivity index (χ3n) is 3.24. The Labute approximate surface area is 139 Å². The molecule has 0 heterocycles. The van der Waals surface area contributed by atoms with Gasteiger partial charge in [-0.05, 0) is 49.2 Å². The van der Waals surface area contributed by atoms with E-state index in [1.165, 1.54) is 0 Å². The molecule has 110 valence electrons. The molecule has 2 nitrogen and oxygen atoms in total. The number of halogens is 2. The van der Waals surface area contributed by atoms with Gasteiger partial charge >= 0.3 is 0 Å². The molecule has 0 spiro atoms. The molecule has 2 rings (SSSR count). The predicted molar refractivity (Wildman–Crippen MR) is 90.8 cm³/mol. The molecule has 0 bridgehead atoms. The predicted octanol–water partition coefficient (Wildman–Crippen LogP) is 5.08. The summed E-state index contributed by atoms with van der Waals surface area (Å²) in [5, 5.41) is 4.05. The van der Waals surface area contributed by atoms with Gasteiger partial charge in [0.25, 0.3) is 5.91 Å². The van der Waals surface area contributed by atoms with E-state index in [2.05, 4.69) is 17.9 Å². The molecule has 0 radical (unpaired) electrons. The second-order valence-corrected chi connectivity index (χ2v) is 6.22. The number of carbonyl (C=O) groups is 1. The summed E-state index contributed by atoms with van der Waals surface area (Å²) in [5.41, 5.74) is 2.34. The van der Waals surface area contributed by atoms with Crippen molar-refractivity contribution in [3.63, 3.8) is 0 Å². The van der Waals surface area contributed by atoms with Crippen LogP contribution >= 0.6 is 35.8 Å². The molecule has 0 aliphatic heterocycles.